The minimum absolute atomic E-state index is 0.424. The number of fused-ring (bicyclic) bond motifs is 1. The maximum absolute atomic E-state index is 10.5. The molecule has 1 aromatic carbocycles. The van der Waals surface area contributed by atoms with Gasteiger partial charge in [-0.3, -0.25) is 0 Å². The summed E-state index contributed by atoms with van der Waals surface area (Å²) >= 11 is 2.24. The third kappa shape index (κ3) is 3.73. The van der Waals surface area contributed by atoms with Crippen molar-refractivity contribution in [2.45, 2.75) is 65.6 Å². The third-order valence-corrected chi connectivity index (χ3v) is 5.03. The lowest BCUT2D eigenvalue weighted by molar-refractivity contribution is 0.134. The van der Waals surface area contributed by atoms with Crippen molar-refractivity contribution in [1.82, 2.24) is 0 Å². The molecule has 0 unspecified atom stereocenters. The molecular formula is C18H23IO2. The van der Waals surface area contributed by atoms with Crippen molar-refractivity contribution in [2.24, 2.45) is 0 Å². The highest BCUT2D eigenvalue weighted by Crippen LogP contribution is 2.38. The Balaban J connectivity index is 2.45. The molecule has 21 heavy (non-hydrogen) atoms. The van der Waals surface area contributed by atoms with Gasteiger partial charge in [-0.1, -0.05) is 38.5 Å². The van der Waals surface area contributed by atoms with E-state index < -0.39 is 0 Å². The fourth-order valence-corrected chi connectivity index (χ4v) is 3.39. The van der Waals surface area contributed by atoms with Crippen LogP contribution < -0.4 is 0 Å². The highest BCUT2D eigenvalue weighted by Gasteiger charge is 2.24. The molecule has 1 aliphatic heterocycles. The quantitative estimate of drug-likeness (QED) is 0.434. The highest BCUT2D eigenvalue weighted by molar-refractivity contribution is 14.1. The largest absolute Gasteiger partial charge is 0.506 e. The van der Waals surface area contributed by atoms with Gasteiger partial charge in [-0.25, -0.2) is 0 Å². The van der Waals surface area contributed by atoms with Crippen LogP contribution in [0.15, 0.2) is 0 Å². The summed E-state index contributed by atoms with van der Waals surface area (Å²) in [4.78, 5) is 0. The van der Waals surface area contributed by atoms with Gasteiger partial charge in [-0.2, -0.15) is 0 Å². The van der Waals surface area contributed by atoms with Crippen LogP contribution in [0.4, 0.5) is 0 Å². The number of aromatic hydroxyl groups is 1. The lowest BCUT2D eigenvalue weighted by Crippen LogP contribution is -2.01. The monoisotopic (exact) mass is 398 g/mol. The third-order valence-electron chi connectivity index (χ3n) is 3.87. The predicted octanol–water partition coefficient (Wildman–Crippen LogP) is 4.91. The molecule has 3 heteroatoms. The van der Waals surface area contributed by atoms with Crippen LogP contribution in [0.25, 0.3) is 0 Å². The Morgan fingerprint density at radius 1 is 1.14 bits per heavy atom. The number of phenolic OH excluding ortho intramolecular Hbond substituents is 1. The fourth-order valence-electron chi connectivity index (χ4n) is 2.59. The number of halogens is 1. The molecular weight excluding hydrogens is 375 g/mol. The van der Waals surface area contributed by atoms with E-state index in [0.717, 1.165) is 58.8 Å². The molecule has 0 saturated carbocycles. The summed E-state index contributed by atoms with van der Waals surface area (Å²) in [6.45, 7) is 5.57. The van der Waals surface area contributed by atoms with Crippen molar-refractivity contribution in [3.8, 4) is 17.6 Å². The summed E-state index contributed by atoms with van der Waals surface area (Å²) in [5, 5.41) is 10.5. The first kappa shape index (κ1) is 16.6. The summed E-state index contributed by atoms with van der Waals surface area (Å²) in [6, 6.07) is 0. The first-order valence-corrected chi connectivity index (χ1v) is 8.90. The number of rotatable bonds is 5. The molecule has 114 valence electrons. The van der Waals surface area contributed by atoms with Crippen LogP contribution in [0.5, 0.6) is 5.75 Å². The first-order valence-electron chi connectivity index (χ1n) is 7.82. The van der Waals surface area contributed by atoms with Crippen molar-refractivity contribution in [1.29, 1.82) is 0 Å². The molecule has 2 rings (SSSR count). The van der Waals surface area contributed by atoms with E-state index in [2.05, 4.69) is 48.3 Å². The van der Waals surface area contributed by atoms with Gasteiger partial charge in [0.25, 0.3) is 0 Å². The topological polar surface area (TPSA) is 29.5 Å². The minimum atomic E-state index is 0.424. The van der Waals surface area contributed by atoms with Crippen LogP contribution in [0, 0.1) is 15.4 Å². The van der Waals surface area contributed by atoms with Crippen LogP contribution in [-0.2, 0) is 24.4 Å². The van der Waals surface area contributed by atoms with Gasteiger partial charge in [0.15, 0.2) is 0 Å². The predicted molar refractivity (Wildman–Crippen MR) is 94.3 cm³/mol. The van der Waals surface area contributed by atoms with Gasteiger partial charge in [0.1, 0.15) is 5.75 Å². The second kappa shape index (κ2) is 8.05. The zero-order chi connectivity index (χ0) is 15.2. The zero-order valence-electron chi connectivity index (χ0n) is 12.9. The lowest BCUT2D eigenvalue weighted by Gasteiger charge is -2.14. The van der Waals surface area contributed by atoms with Crippen molar-refractivity contribution >= 4 is 22.6 Å². The number of unbranched alkanes of at least 4 members (excludes halogenated alkanes) is 3. The maximum Gasteiger partial charge on any atom is 0.133 e. The first-order chi connectivity index (χ1) is 10.2. The number of hydrogen-bond donors (Lipinski definition) is 1. The van der Waals surface area contributed by atoms with E-state index in [1.807, 2.05) is 0 Å². The van der Waals surface area contributed by atoms with Crippen LogP contribution in [-0.4, -0.2) is 5.11 Å². The van der Waals surface area contributed by atoms with E-state index in [9.17, 15) is 5.11 Å². The molecule has 1 heterocycles. The van der Waals surface area contributed by atoms with Gasteiger partial charge >= 0.3 is 0 Å². The second-order valence-electron chi connectivity index (χ2n) is 5.47. The summed E-state index contributed by atoms with van der Waals surface area (Å²) in [7, 11) is 0. The van der Waals surface area contributed by atoms with Crippen LogP contribution >= 0.6 is 22.6 Å². The average Bonchev–Trinajstić information content (AvgIpc) is 2.97. The summed E-state index contributed by atoms with van der Waals surface area (Å²) in [5.41, 5.74) is 4.39. The van der Waals surface area contributed by atoms with Gasteiger partial charge in [-0.05, 0) is 41.9 Å². The van der Waals surface area contributed by atoms with E-state index in [1.54, 1.807) is 0 Å². The molecule has 0 aromatic heterocycles. The van der Waals surface area contributed by atoms with Crippen molar-refractivity contribution in [2.75, 3.05) is 0 Å². The van der Waals surface area contributed by atoms with Gasteiger partial charge in [0.05, 0.1) is 16.8 Å². The molecule has 0 bridgehead atoms. The SMILES string of the molecule is CCCCC#Cc1c(CCCC)c(O)c(I)c2c1COC2. The van der Waals surface area contributed by atoms with Gasteiger partial charge in [-0.15, -0.1) is 0 Å². The van der Waals surface area contributed by atoms with Crippen molar-refractivity contribution in [3.05, 3.63) is 25.8 Å². The normalized spacial score (nSPS) is 12.9. The van der Waals surface area contributed by atoms with Gasteiger partial charge in [0, 0.05) is 28.7 Å². The van der Waals surface area contributed by atoms with E-state index in [4.69, 9.17) is 4.74 Å². The standard InChI is InChI=1S/C18H23IO2/c1-3-5-7-8-10-13-14(9-6-4-2)18(20)17(19)16-12-21-11-15(13)16/h20H,3-7,9,11-12H2,1-2H3. The summed E-state index contributed by atoms with van der Waals surface area (Å²) in [5.74, 6) is 7.03. The Bertz CT molecular complexity index is 567. The summed E-state index contributed by atoms with van der Waals surface area (Å²) in [6.07, 6.45) is 6.30. The minimum Gasteiger partial charge on any atom is -0.506 e. The molecule has 0 atom stereocenters. The lowest BCUT2D eigenvalue weighted by atomic mass is 9.93. The molecule has 0 saturated heterocycles. The Kier molecular flexibility index (Phi) is 6.38. The number of ether oxygens (including phenoxy) is 1. The van der Waals surface area contributed by atoms with E-state index in [1.165, 1.54) is 5.56 Å². The van der Waals surface area contributed by atoms with Crippen molar-refractivity contribution < 1.29 is 9.84 Å². The Morgan fingerprint density at radius 2 is 1.86 bits per heavy atom. The molecule has 0 radical (unpaired) electrons. The van der Waals surface area contributed by atoms with Gasteiger partial charge in [0.2, 0.25) is 0 Å². The van der Waals surface area contributed by atoms with Crippen LogP contribution in [0.3, 0.4) is 0 Å². The molecule has 0 amide bonds. The van der Waals surface area contributed by atoms with E-state index in [0.29, 0.717) is 19.0 Å². The van der Waals surface area contributed by atoms with Crippen LogP contribution in [0.2, 0.25) is 0 Å². The van der Waals surface area contributed by atoms with E-state index in [-0.39, 0.29) is 0 Å². The summed E-state index contributed by atoms with van der Waals surface area (Å²) < 4.78 is 6.54. The second-order valence-corrected chi connectivity index (χ2v) is 6.55. The number of hydrogen-bond acceptors (Lipinski definition) is 2. The van der Waals surface area contributed by atoms with Gasteiger partial charge < -0.3 is 9.84 Å². The number of phenols is 1. The molecule has 1 aliphatic rings. The average molecular weight is 398 g/mol. The van der Waals surface area contributed by atoms with Crippen LogP contribution in [0.1, 0.15) is 68.2 Å². The Labute approximate surface area is 141 Å². The number of benzene rings is 1. The molecule has 0 fully saturated rings. The molecule has 2 nitrogen and oxygen atoms in total. The highest BCUT2D eigenvalue weighted by atomic mass is 127. The van der Waals surface area contributed by atoms with E-state index >= 15 is 0 Å². The maximum atomic E-state index is 10.5. The molecule has 0 spiro atoms. The molecule has 0 aliphatic carbocycles. The Morgan fingerprint density at radius 3 is 2.57 bits per heavy atom. The zero-order valence-corrected chi connectivity index (χ0v) is 15.0. The molecule has 1 aromatic rings. The Hall–Kier alpha value is -0.730. The molecule has 1 N–H and O–H groups in total. The fraction of sp³-hybridized carbons (Fsp3) is 0.556. The smallest absolute Gasteiger partial charge is 0.133 e. The van der Waals surface area contributed by atoms with Crippen molar-refractivity contribution in [3.63, 3.8) is 0 Å².